The molecule has 5 heteroatoms. The van der Waals surface area contributed by atoms with Crippen LogP contribution in [0, 0.1) is 0 Å². The van der Waals surface area contributed by atoms with Gasteiger partial charge >= 0.3 is 0 Å². The summed E-state index contributed by atoms with van der Waals surface area (Å²) < 4.78 is 5.27. The third-order valence-electron chi connectivity index (χ3n) is 2.42. The second-order valence-electron chi connectivity index (χ2n) is 3.87. The van der Waals surface area contributed by atoms with Crippen LogP contribution in [0.2, 0.25) is 5.02 Å². The van der Waals surface area contributed by atoms with Gasteiger partial charge in [0.15, 0.2) is 5.11 Å². The lowest BCUT2D eigenvalue weighted by atomic mass is 10.3. The van der Waals surface area contributed by atoms with Crippen molar-refractivity contribution in [1.82, 2.24) is 4.90 Å². The standard InChI is InChI=1S/C13H13ClN2OS/c1-16(9-12-3-2-8-17-12)13(18)15-11-6-4-10(14)5-7-11/h2-8H,9H2,1H3,(H,15,18). The normalized spacial score (nSPS) is 10.1. The zero-order valence-electron chi connectivity index (χ0n) is 9.89. The molecule has 0 saturated heterocycles. The van der Waals surface area contributed by atoms with Crippen molar-refractivity contribution in [1.29, 1.82) is 0 Å². The second-order valence-corrected chi connectivity index (χ2v) is 4.70. The smallest absolute Gasteiger partial charge is 0.173 e. The van der Waals surface area contributed by atoms with Crippen LogP contribution < -0.4 is 5.32 Å². The monoisotopic (exact) mass is 280 g/mol. The number of hydrogen-bond acceptors (Lipinski definition) is 2. The Balaban J connectivity index is 1.93. The molecule has 0 bridgehead atoms. The van der Waals surface area contributed by atoms with Gasteiger partial charge in [-0.2, -0.15) is 0 Å². The molecule has 0 amide bonds. The molecule has 1 aromatic heterocycles. The predicted molar refractivity (Wildman–Crippen MR) is 77.8 cm³/mol. The Morgan fingerprint density at radius 2 is 2.06 bits per heavy atom. The first-order valence-electron chi connectivity index (χ1n) is 5.45. The molecule has 0 aliphatic rings. The molecule has 0 radical (unpaired) electrons. The Labute approximate surface area is 116 Å². The first kappa shape index (κ1) is 12.9. The molecule has 2 rings (SSSR count). The topological polar surface area (TPSA) is 28.4 Å². The van der Waals surface area contributed by atoms with E-state index in [9.17, 15) is 0 Å². The number of thiocarbonyl (C=S) groups is 1. The molecule has 0 aliphatic carbocycles. The molecule has 0 atom stereocenters. The number of anilines is 1. The maximum atomic E-state index is 5.82. The van der Waals surface area contributed by atoms with Crippen LogP contribution in [-0.4, -0.2) is 17.1 Å². The number of nitrogens with zero attached hydrogens (tertiary/aromatic N) is 1. The maximum absolute atomic E-state index is 5.82. The Morgan fingerprint density at radius 3 is 2.67 bits per heavy atom. The molecule has 2 aromatic rings. The number of halogens is 1. The molecule has 0 aliphatic heterocycles. The first-order chi connectivity index (χ1) is 8.65. The lowest BCUT2D eigenvalue weighted by Crippen LogP contribution is -2.30. The van der Waals surface area contributed by atoms with Crippen molar-refractivity contribution in [2.24, 2.45) is 0 Å². The van der Waals surface area contributed by atoms with Gasteiger partial charge in [-0.25, -0.2) is 0 Å². The van der Waals surface area contributed by atoms with E-state index in [1.165, 1.54) is 0 Å². The van der Waals surface area contributed by atoms with Gasteiger partial charge in [0.05, 0.1) is 12.8 Å². The largest absolute Gasteiger partial charge is 0.467 e. The molecule has 0 fully saturated rings. The zero-order valence-corrected chi connectivity index (χ0v) is 11.5. The third-order valence-corrected chi connectivity index (χ3v) is 3.08. The fourth-order valence-corrected chi connectivity index (χ4v) is 1.77. The molecular weight excluding hydrogens is 268 g/mol. The van der Waals surface area contributed by atoms with Crippen LogP contribution in [0.1, 0.15) is 5.76 Å². The van der Waals surface area contributed by atoms with Crippen molar-refractivity contribution in [3.8, 4) is 0 Å². The number of nitrogens with one attached hydrogen (secondary N) is 1. The summed E-state index contributed by atoms with van der Waals surface area (Å²) >= 11 is 11.1. The van der Waals surface area contributed by atoms with E-state index in [4.69, 9.17) is 28.2 Å². The van der Waals surface area contributed by atoms with Crippen LogP contribution in [-0.2, 0) is 6.54 Å². The van der Waals surface area contributed by atoms with Gasteiger partial charge in [-0.15, -0.1) is 0 Å². The van der Waals surface area contributed by atoms with E-state index in [0.717, 1.165) is 11.4 Å². The molecule has 1 heterocycles. The van der Waals surface area contributed by atoms with Gasteiger partial charge in [0.25, 0.3) is 0 Å². The van der Waals surface area contributed by atoms with Gasteiger partial charge < -0.3 is 14.6 Å². The summed E-state index contributed by atoms with van der Waals surface area (Å²) in [6.07, 6.45) is 1.65. The van der Waals surface area contributed by atoms with Gasteiger partial charge in [-0.3, -0.25) is 0 Å². The van der Waals surface area contributed by atoms with Crippen LogP contribution >= 0.6 is 23.8 Å². The lowest BCUT2D eigenvalue weighted by Gasteiger charge is -2.19. The van der Waals surface area contributed by atoms with E-state index in [0.29, 0.717) is 16.7 Å². The van der Waals surface area contributed by atoms with E-state index in [1.807, 2.05) is 48.3 Å². The third kappa shape index (κ3) is 3.48. The highest BCUT2D eigenvalue weighted by molar-refractivity contribution is 7.80. The predicted octanol–water partition coefficient (Wildman–Crippen LogP) is 3.76. The summed E-state index contributed by atoms with van der Waals surface area (Å²) in [7, 11) is 1.91. The van der Waals surface area contributed by atoms with Crippen LogP contribution in [0.4, 0.5) is 5.69 Å². The molecule has 1 N–H and O–H groups in total. The fraction of sp³-hybridized carbons (Fsp3) is 0.154. The fourth-order valence-electron chi connectivity index (χ4n) is 1.46. The van der Waals surface area contributed by atoms with Crippen molar-refractivity contribution in [3.63, 3.8) is 0 Å². The van der Waals surface area contributed by atoms with Crippen LogP contribution in [0.5, 0.6) is 0 Å². The minimum absolute atomic E-state index is 0.631. The average Bonchev–Trinajstić information content (AvgIpc) is 2.85. The summed E-state index contributed by atoms with van der Waals surface area (Å²) in [6.45, 7) is 0.631. The molecule has 18 heavy (non-hydrogen) atoms. The van der Waals surface area contributed by atoms with E-state index in [1.54, 1.807) is 6.26 Å². The van der Waals surface area contributed by atoms with E-state index in [2.05, 4.69) is 5.32 Å². The Morgan fingerprint density at radius 1 is 1.33 bits per heavy atom. The highest BCUT2D eigenvalue weighted by Crippen LogP contribution is 2.14. The summed E-state index contributed by atoms with van der Waals surface area (Å²) in [5.41, 5.74) is 0.913. The number of rotatable bonds is 3. The van der Waals surface area contributed by atoms with Crippen LogP contribution in [0.3, 0.4) is 0 Å². The van der Waals surface area contributed by atoms with Crippen LogP contribution in [0.15, 0.2) is 47.1 Å². The highest BCUT2D eigenvalue weighted by Gasteiger charge is 2.07. The Bertz CT molecular complexity index is 510. The number of benzene rings is 1. The molecular formula is C13H13ClN2OS. The molecule has 1 aromatic carbocycles. The van der Waals surface area contributed by atoms with Crippen molar-refractivity contribution in [3.05, 3.63) is 53.4 Å². The van der Waals surface area contributed by atoms with Gasteiger partial charge in [-0.05, 0) is 48.6 Å². The van der Waals surface area contributed by atoms with Gasteiger partial charge in [0.1, 0.15) is 5.76 Å². The molecule has 94 valence electrons. The number of hydrogen-bond donors (Lipinski definition) is 1. The van der Waals surface area contributed by atoms with E-state index in [-0.39, 0.29) is 0 Å². The van der Waals surface area contributed by atoms with Gasteiger partial charge in [0, 0.05) is 17.8 Å². The van der Waals surface area contributed by atoms with Gasteiger partial charge in [-0.1, -0.05) is 11.6 Å². The summed E-state index contributed by atoms with van der Waals surface area (Å²) in [6, 6.07) is 11.2. The highest BCUT2D eigenvalue weighted by atomic mass is 35.5. The number of furan rings is 1. The second kappa shape index (κ2) is 5.89. The van der Waals surface area contributed by atoms with Crippen molar-refractivity contribution in [2.45, 2.75) is 6.54 Å². The Kier molecular flexibility index (Phi) is 4.23. The van der Waals surface area contributed by atoms with Crippen molar-refractivity contribution >= 4 is 34.6 Å². The summed E-state index contributed by atoms with van der Waals surface area (Å²) in [5, 5.41) is 4.48. The Hall–Kier alpha value is -1.52. The quantitative estimate of drug-likeness (QED) is 0.867. The van der Waals surface area contributed by atoms with E-state index >= 15 is 0 Å². The first-order valence-corrected chi connectivity index (χ1v) is 6.24. The minimum atomic E-state index is 0.631. The van der Waals surface area contributed by atoms with Gasteiger partial charge in [0.2, 0.25) is 0 Å². The summed E-state index contributed by atoms with van der Waals surface area (Å²) in [4.78, 5) is 1.91. The molecule has 0 unspecified atom stereocenters. The van der Waals surface area contributed by atoms with Crippen molar-refractivity contribution in [2.75, 3.05) is 12.4 Å². The van der Waals surface area contributed by atoms with Crippen molar-refractivity contribution < 1.29 is 4.42 Å². The summed E-state index contributed by atoms with van der Waals surface area (Å²) in [5.74, 6) is 0.873. The lowest BCUT2D eigenvalue weighted by molar-refractivity contribution is 0.414. The minimum Gasteiger partial charge on any atom is -0.467 e. The maximum Gasteiger partial charge on any atom is 0.173 e. The van der Waals surface area contributed by atoms with E-state index < -0.39 is 0 Å². The molecule has 0 saturated carbocycles. The molecule has 3 nitrogen and oxygen atoms in total. The average molecular weight is 281 g/mol. The van der Waals surface area contributed by atoms with Crippen LogP contribution in [0.25, 0.3) is 0 Å². The molecule has 0 spiro atoms. The zero-order chi connectivity index (χ0) is 13.0. The SMILES string of the molecule is CN(Cc1ccco1)C(=S)Nc1ccc(Cl)cc1.